The van der Waals surface area contributed by atoms with Crippen LogP contribution in [0.15, 0.2) is 0 Å². The van der Waals surface area contributed by atoms with Gasteiger partial charge in [-0.1, -0.05) is 0 Å². The molecule has 5 heteroatoms. The summed E-state index contributed by atoms with van der Waals surface area (Å²) in [5.74, 6) is 0. The van der Waals surface area contributed by atoms with E-state index in [0.717, 1.165) is 13.2 Å². The van der Waals surface area contributed by atoms with Crippen LogP contribution in [0.2, 0.25) is 0 Å². The molecule has 56 valence electrons. The monoisotopic (exact) mass is 190 g/mol. The zero-order chi connectivity index (χ0) is 4.12. The van der Waals surface area contributed by atoms with E-state index in [1.54, 1.807) is 0 Å². The second kappa shape index (κ2) is 36.5. The number of ether oxygens (including phenoxy) is 1. The third kappa shape index (κ3) is 50.5. The molecule has 0 atom stereocenters. The molecule has 0 aromatic heterocycles. The van der Waals surface area contributed by atoms with Crippen LogP contribution in [0.5, 0.6) is 0 Å². The Labute approximate surface area is 77.7 Å². The van der Waals surface area contributed by atoms with Crippen molar-refractivity contribution in [2.45, 2.75) is 13.8 Å². The number of hydrogen-bond donors (Lipinski definition) is 0. The Hall–Kier alpha value is 0.895. The summed E-state index contributed by atoms with van der Waals surface area (Å²) in [4.78, 5) is 0. The van der Waals surface area contributed by atoms with Crippen LogP contribution >= 0.6 is 0 Å². The molecule has 1 nitrogen and oxygen atoms in total. The van der Waals surface area contributed by atoms with E-state index in [2.05, 4.69) is 0 Å². The van der Waals surface area contributed by atoms with E-state index >= 15 is 0 Å². The first-order valence-corrected chi connectivity index (χ1v) is 1.99. The molecule has 0 aromatic rings. The van der Waals surface area contributed by atoms with E-state index in [0.29, 0.717) is 0 Å². The van der Waals surface area contributed by atoms with Crippen molar-refractivity contribution in [1.29, 1.82) is 0 Å². The van der Waals surface area contributed by atoms with Crippen molar-refractivity contribution < 1.29 is 42.0 Å². The maximum Gasteiger partial charge on any atom is 3.00 e. The van der Waals surface area contributed by atoms with E-state index in [9.17, 15) is 0 Å². The van der Waals surface area contributed by atoms with Crippen LogP contribution in [0.4, 0.5) is 0 Å². The Kier molecular flexibility index (Phi) is 133. The molecule has 0 aliphatic heterocycles. The predicted molar refractivity (Wildman–Crippen MR) is 27.9 cm³/mol. The molecule has 0 unspecified atom stereocenters. The topological polar surface area (TPSA) is 9.23 Å². The van der Waals surface area contributed by atoms with Crippen molar-refractivity contribution in [3.8, 4) is 0 Å². The Morgan fingerprint density at radius 2 is 1.11 bits per heavy atom. The minimum absolute atomic E-state index is 0. The van der Waals surface area contributed by atoms with E-state index in [-0.39, 0.29) is 45.6 Å². The smallest absolute Gasteiger partial charge is 1.00 e. The van der Waals surface area contributed by atoms with Gasteiger partial charge in [-0.15, -0.1) is 0 Å². The molecule has 0 heterocycles. The molecule has 0 fully saturated rings. The molecule has 0 saturated carbocycles. The molecule has 0 saturated heterocycles. The van der Waals surface area contributed by atoms with Crippen molar-refractivity contribution in [1.82, 2.24) is 0 Å². The van der Waals surface area contributed by atoms with Gasteiger partial charge in [0.1, 0.15) is 0 Å². The summed E-state index contributed by atoms with van der Waals surface area (Å²) in [5.41, 5.74) is 0. The van der Waals surface area contributed by atoms with E-state index in [1.165, 1.54) is 0 Å². The van der Waals surface area contributed by atoms with Crippen LogP contribution < -0.4 is 37.2 Å². The zero-order valence-electron chi connectivity index (χ0n) is 5.53. The van der Waals surface area contributed by atoms with Crippen molar-refractivity contribution in [2.75, 3.05) is 13.2 Å². The average molecular weight is 191 g/mol. The van der Waals surface area contributed by atoms with Gasteiger partial charge in [-0.05, 0) is 13.8 Å². The fourth-order valence-electron chi connectivity index (χ4n) is 0.204. The third-order valence-electron chi connectivity index (χ3n) is 0.408. The summed E-state index contributed by atoms with van der Waals surface area (Å²) in [6.07, 6.45) is 0. The summed E-state index contributed by atoms with van der Waals surface area (Å²) in [6, 6.07) is 0. The third-order valence-corrected chi connectivity index (χ3v) is 0.408. The van der Waals surface area contributed by atoms with Gasteiger partial charge in [0.25, 0.3) is 0 Å². The van der Waals surface area contributed by atoms with Gasteiger partial charge in [0.05, 0.1) is 0 Å². The number of halogens is 3. The molecule has 0 rings (SSSR count). The first-order valence-electron chi connectivity index (χ1n) is 1.99. The fourth-order valence-corrected chi connectivity index (χ4v) is 0.204. The molecule has 0 N–H and O–H groups in total. The molecule has 0 radical (unpaired) electrons. The van der Waals surface area contributed by atoms with Gasteiger partial charge in [0.15, 0.2) is 0 Å². The number of rotatable bonds is 2. The van der Waals surface area contributed by atoms with Crippen molar-refractivity contribution >= 4 is 8.41 Å². The SMILES string of the molecule is CCOCC.[B+3].[Cl-].[Cl-].[Cl-]. The number of hydrogen-bond acceptors (Lipinski definition) is 1. The second-order valence-corrected chi connectivity index (χ2v) is 0.781. The second-order valence-electron chi connectivity index (χ2n) is 0.781. The van der Waals surface area contributed by atoms with Gasteiger partial charge in [0.2, 0.25) is 0 Å². The van der Waals surface area contributed by atoms with Gasteiger partial charge < -0.3 is 42.0 Å². The first-order chi connectivity index (χ1) is 2.41. The minimum atomic E-state index is 0. The summed E-state index contributed by atoms with van der Waals surface area (Å²) in [5, 5.41) is 0. The normalized spacial score (nSPS) is 4.67. The first kappa shape index (κ1) is 32.7. The minimum Gasteiger partial charge on any atom is -1.00 e. The van der Waals surface area contributed by atoms with Crippen molar-refractivity contribution in [2.24, 2.45) is 0 Å². The average Bonchev–Trinajstić information content (AvgIpc) is 1.41. The molecule has 0 aliphatic carbocycles. The van der Waals surface area contributed by atoms with Crippen LogP contribution in [-0.4, -0.2) is 21.6 Å². The van der Waals surface area contributed by atoms with E-state index in [4.69, 9.17) is 4.74 Å². The largest absolute Gasteiger partial charge is 3.00 e. The maximum absolute atomic E-state index is 4.83. The molecule has 0 bridgehead atoms. The van der Waals surface area contributed by atoms with Gasteiger partial charge in [-0.2, -0.15) is 0 Å². The van der Waals surface area contributed by atoms with Gasteiger partial charge in [-0.3, -0.25) is 0 Å². The van der Waals surface area contributed by atoms with E-state index in [1.807, 2.05) is 13.8 Å². The molecule has 0 aromatic carbocycles. The zero-order valence-corrected chi connectivity index (χ0v) is 7.80. The molecule has 0 spiro atoms. The van der Waals surface area contributed by atoms with Crippen LogP contribution in [0.1, 0.15) is 13.8 Å². The van der Waals surface area contributed by atoms with Crippen LogP contribution in [-0.2, 0) is 4.74 Å². The predicted octanol–water partition coefficient (Wildman–Crippen LogP) is -8.33. The van der Waals surface area contributed by atoms with Gasteiger partial charge in [0, 0.05) is 13.2 Å². The quantitative estimate of drug-likeness (QED) is 0.394. The molecular formula is C4H10BCl3O. The maximum atomic E-state index is 4.83. The summed E-state index contributed by atoms with van der Waals surface area (Å²) < 4.78 is 4.83. The van der Waals surface area contributed by atoms with Crippen molar-refractivity contribution in [3.63, 3.8) is 0 Å². The van der Waals surface area contributed by atoms with E-state index < -0.39 is 0 Å². The standard InChI is InChI=1S/C4H10O.B.3ClH/c1-3-5-4-2;;;;/h3-4H2,1-2H3;;3*1H/q;+3;;;/p-3. The molecule has 9 heavy (non-hydrogen) atoms. The Morgan fingerprint density at radius 3 is 1.11 bits per heavy atom. The van der Waals surface area contributed by atoms with Crippen LogP contribution in [0.25, 0.3) is 0 Å². The van der Waals surface area contributed by atoms with Crippen LogP contribution in [0, 0.1) is 0 Å². The molecule has 0 amide bonds. The Bertz CT molecular complexity index is 23.3. The molecular weight excluding hydrogens is 181 g/mol. The Morgan fingerprint density at radius 1 is 0.889 bits per heavy atom. The van der Waals surface area contributed by atoms with Crippen molar-refractivity contribution in [3.05, 3.63) is 0 Å². The summed E-state index contributed by atoms with van der Waals surface area (Å²) in [7, 11) is 0. The summed E-state index contributed by atoms with van der Waals surface area (Å²) >= 11 is 0. The summed E-state index contributed by atoms with van der Waals surface area (Å²) in [6.45, 7) is 5.67. The Balaban J connectivity index is -0.0000000133. The fraction of sp³-hybridized carbons (Fsp3) is 1.00. The van der Waals surface area contributed by atoms with Gasteiger partial charge >= 0.3 is 8.41 Å². The van der Waals surface area contributed by atoms with Crippen LogP contribution in [0.3, 0.4) is 0 Å². The van der Waals surface area contributed by atoms with Gasteiger partial charge in [-0.25, -0.2) is 0 Å². The molecule has 0 aliphatic rings.